The fourth-order valence-electron chi connectivity index (χ4n) is 3.20. The van der Waals surface area contributed by atoms with Gasteiger partial charge >= 0.3 is 0 Å². The van der Waals surface area contributed by atoms with Crippen molar-refractivity contribution < 1.29 is 4.79 Å². The first-order chi connectivity index (χ1) is 11.6. The Morgan fingerprint density at radius 3 is 2.56 bits per heavy atom. The van der Waals surface area contributed by atoms with Crippen LogP contribution < -0.4 is 10.6 Å². The van der Waals surface area contributed by atoms with Crippen LogP contribution in [0.2, 0.25) is 0 Å². The fraction of sp³-hybridized carbons (Fsp3) is 0.667. The Kier molecular flexibility index (Phi) is 9.78. The van der Waals surface area contributed by atoms with E-state index < -0.39 is 0 Å². The molecule has 1 aliphatic carbocycles. The van der Waals surface area contributed by atoms with E-state index in [1.54, 1.807) is 19.0 Å². The van der Waals surface area contributed by atoms with Crippen LogP contribution in [0.15, 0.2) is 22.5 Å². The van der Waals surface area contributed by atoms with E-state index in [0.717, 1.165) is 19.0 Å². The van der Waals surface area contributed by atoms with Crippen LogP contribution in [0.3, 0.4) is 0 Å². The van der Waals surface area contributed by atoms with Crippen molar-refractivity contribution >= 4 is 47.2 Å². The normalized spacial score (nSPS) is 16.7. The number of aliphatic imine (C=N–C) groups is 1. The van der Waals surface area contributed by atoms with Crippen molar-refractivity contribution in [1.29, 1.82) is 0 Å². The summed E-state index contributed by atoms with van der Waals surface area (Å²) in [6.07, 6.45) is 6.34. The van der Waals surface area contributed by atoms with E-state index in [1.165, 1.54) is 37.0 Å². The number of nitrogens with zero attached hydrogens (tertiary/aromatic N) is 2. The summed E-state index contributed by atoms with van der Waals surface area (Å²) in [6, 6.07) is 4.41. The summed E-state index contributed by atoms with van der Waals surface area (Å²) in [7, 11) is 3.51. The van der Waals surface area contributed by atoms with Crippen molar-refractivity contribution in [1.82, 2.24) is 15.5 Å². The molecule has 0 bridgehead atoms. The van der Waals surface area contributed by atoms with Crippen LogP contribution in [0, 0.1) is 0 Å². The lowest BCUT2D eigenvalue weighted by atomic mass is 9.73. The summed E-state index contributed by atoms with van der Waals surface area (Å²) in [4.78, 5) is 19.2. The van der Waals surface area contributed by atoms with Crippen LogP contribution in [-0.2, 0) is 10.2 Å². The van der Waals surface area contributed by atoms with E-state index in [4.69, 9.17) is 0 Å². The van der Waals surface area contributed by atoms with Gasteiger partial charge in [-0.25, -0.2) is 4.99 Å². The van der Waals surface area contributed by atoms with Crippen LogP contribution in [0.1, 0.15) is 43.9 Å². The van der Waals surface area contributed by atoms with Crippen molar-refractivity contribution in [3.8, 4) is 0 Å². The largest absolute Gasteiger partial charge is 0.357 e. The minimum absolute atomic E-state index is 0. The first-order valence-corrected chi connectivity index (χ1v) is 9.72. The molecule has 2 rings (SSSR count). The summed E-state index contributed by atoms with van der Waals surface area (Å²) in [5.74, 6) is 0.743. The van der Waals surface area contributed by atoms with Gasteiger partial charge in [0.05, 0.1) is 0 Å². The number of nitrogens with one attached hydrogen (secondary N) is 2. The zero-order valence-electron chi connectivity index (χ0n) is 15.5. The van der Waals surface area contributed by atoms with Gasteiger partial charge in [0.15, 0.2) is 5.96 Å². The van der Waals surface area contributed by atoms with Crippen molar-refractivity contribution in [3.05, 3.63) is 22.4 Å². The number of thiophene rings is 1. The molecule has 0 aromatic carbocycles. The Balaban J connectivity index is 0.00000312. The van der Waals surface area contributed by atoms with Crippen LogP contribution in [-0.4, -0.2) is 50.5 Å². The van der Waals surface area contributed by atoms with Crippen molar-refractivity contribution in [2.75, 3.05) is 33.7 Å². The SMILES string of the molecule is CCNC(=NCC(=O)N(C)C)NCC1(c2cccs2)CCCCC1.I. The number of guanidine groups is 1. The van der Waals surface area contributed by atoms with Crippen molar-refractivity contribution in [3.63, 3.8) is 0 Å². The van der Waals surface area contributed by atoms with Gasteiger partial charge in [0, 0.05) is 37.5 Å². The lowest BCUT2D eigenvalue weighted by molar-refractivity contribution is -0.127. The van der Waals surface area contributed by atoms with Crippen LogP contribution in [0.4, 0.5) is 0 Å². The number of likely N-dealkylation sites (N-methyl/N-ethyl adjacent to an activating group) is 1. The molecule has 0 saturated heterocycles. The maximum absolute atomic E-state index is 11.8. The molecule has 0 radical (unpaired) electrons. The second kappa shape index (κ2) is 11.0. The number of carbonyl (C=O) groups is 1. The molecule has 0 spiro atoms. The molecule has 1 heterocycles. The molecule has 25 heavy (non-hydrogen) atoms. The highest BCUT2D eigenvalue weighted by molar-refractivity contribution is 14.0. The van der Waals surface area contributed by atoms with Gasteiger partial charge in [-0.15, -0.1) is 35.3 Å². The Morgan fingerprint density at radius 2 is 2.00 bits per heavy atom. The average molecular weight is 478 g/mol. The number of hydrogen-bond acceptors (Lipinski definition) is 3. The Hall–Kier alpha value is -0.830. The second-order valence-electron chi connectivity index (χ2n) is 6.66. The third-order valence-corrected chi connectivity index (χ3v) is 5.78. The molecule has 142 valence electrons. The van der Waals surface area contributed by atoms with E-state index in [9.17, 15) is 4.79 Å². The highest BCUT2D eigenvalue weighted by Crippen LogP contribution is 2.41. The Morgan fingerprint density at radius 1 is 1.28 bits per heavy atom. The van der Waals surface area contributed by atoms with Gasteiger partial charge in [0.1, 0.15) is 6.54 Å². The van der Waals surface area contributed by atoms with E-state index in [1.807, 2.05) is 18.3 Å². The number of hydrogen-bond donors (Lipinski definition) is 2. The molecule has 0 unspecified atom stereocenters. The van der Waals surface area contributed by atoms with E-state index in [2.05, 4.69) is 33.1 Å². The topological polar surface area (TPSA) is 56.7 Å². The standard InChI is InChI=1S/C18H30N4OS.HI/c1-4-19-17(20-13-16(23)22(2)3)21-14-18(10-6-5-7-11-18)15-9-8-12-24-15;/h8-9,12H,4-7,10-11,13-14H2,1-3H3,(H2,19,20,21);1H. The highest BCUT2D eigenvalue weighted by Gasteiger charge is 2.34. The van der Waals surface area contributed by atoms with Gasteiger partial charge in [0.25, 0.3) is 0 Å². The average Bonchev–Trinajstić information content (AvgIpc) is 3.13. The first kappa shape index (κ1) is 22.2. The van der Waals surface area contributed by atoms with Gasteiger partial charge in [-0.1, -0.05) is 25.3 Å². The Labute approximate surface area is 172 Å². The highest BCUT2D eigenvalue weighted by atomic mass is 127. The third kappa shape index (κ3) is 6.44. The Bertz CT molecular complexity index is 539. The van der Waals surface area contributed by atoms with Gasteiger partial charge in [0.2, 0.25) is 5.91 Å². The zero-order valence-corrected chi connectivity index (χ0v) is 18.7. The molecule has 1 saturated carbocycles. The predicted octanol–water partition coefficient (Wildman–Crippen LogP) is 3.21. The fourth-order valence-corrected chi connectivity index (χ4v) is 4.19. The molecule has 0 aliphatic heterocycles. The number of halogens is 1. The van der Waals surface area contributed by atoms with Crippen LogP contribution >= 0.6 is 35.3 Å². The molecular weight excluding hydrogens is 447 g/mol. The maximum Gasteiger partial charge on any atom is 0.243 e. The molecule has 1 aliphatic rings. The van der Waals surface area contributed by atoms with Gasteiger partial charge in [-0.3, -0.25) is 4.79 Å². The summed E-state index contributed by atoms with van der Waals surface area (Å²) in [6.45, 7) is 3.87. The minimum Gasteiger partial charge on any atom is -0.357 e. The maximum atomic E-state index is 11.8. The summed E-state index contributed by atoms with van der Waals surface area (Å²) in [5, 5.41) is 8.91. The third-order valence-electron chi connectivity index (χ3n) is 4.66. The number of amides is 1. The summed E-state index contributed by atoms with van der Waals surface area (Å²) in [5.41, 5.74) is 0.203. The number of carbonyl (C=O) groups excluding carboxylic acids is 1. The van der Waals surface area contributed by atoms with E-state index in [-0.39, 0.29) is 41.8 Å². The van der Waals surface area contributed by atoms with Crippen molar-refractivity contribution in [2.45, 2.75) is 44.4 Å². The molecule has 1 aromatic rings. The quantitative estimate of drug-likeness (QED) is 0.375. The van der Waals surface area contributed by atoms with Crippen LogP contribution in [0.25, 0.3) is 0 Å². The predicted molar refractivity (Wildman–Crippen MR) is 117 cm³/mol. The molecule has 7 heteroatoms. The lowest BCUT2D eigenvalue weighted by Gasteiger charge is -2.37. The van der Waals surface area contributed by atoms with Gasteiger partial charge < -0.3 is 15.5 Å². The smallest absolute Gasteiger partial charge is 0.243 e. The molecule has 5 nitrogen and oxygen atoms in total. The molecule has 1 amide bonds. The molecular formula is C18H31IN4OS. The molecule has 0 atom stereocenters. The minimum atomic E-state index is 0. The molecule has 1 aromatic heterocycles. The van der Waals surface area contributed by atoms with E-state index >= 15 is 0 Å². The van der Waals surface area contributed by atoms with Gasteiger partial charge in [-0.2, -0.15) is 0 Å². The molecule has 2 N–H and O–H groups in total. The monoisotopic (exact) mass is 478 g/mol. The van der Waals surface area contributed by atoms with E-state index in [0.29, 0.717) is 0 Å². The van der Waals surface area contributed by atoms with Gasteiger partial charge in [-0.05, 0) is 31.2 Å². The first-order valence-electron chi connectivity index (χ1n) is 8.84. The second-order valence-corrected chi connectivity index (χ2v) is 7.60. The number of rotatable bonds is 6. The summed E-state index contributed by atoms with van der Waals surface area (Å²) >= 11 is 1.85. The molecule has 1 fully saturated rings. The summed E-state index contributed by atoms with van der Waals surface area (Å²) < 4.78 is 0. The van der Waals surface area contributed by atoms with Crippen LogP contribution in [0.5, 0.6) is 0 Å². The van der Waals surface area contributed by atoms with Crippen molar-refractivity contribution in [2.24, 2.45) is 4.99 Å². The lowest BCUT2D eigenvalue weighted by Crippen LogP contribution is -2.46. The zero-order chi connectivity index (χ0) is 17.4.